The minimum atomic E-state index is -0.308. The van der Waals surface area contributed by atoms with Crippen LogP contribution in [0.3, 0.4) is 0 Å². The molecule has 0 fully saturated rings. The van der Waals surface area contributed by atoms with Gasteiger partial charge in [-0.15, -0.1) is 0 Å². The van der Waals surface area contributed by atoms with Gasteiger partial charge >= 0.3 is 0 Å². The van der Waals surface area contributed by atoms with E-state index in [1.807, 2.05) is 6.92 Å². The van der Waals surface area contributed by atoms with E-state index in [2.05, 4.69) is 0 Å². The summed E-state index contributed by atoms with van der Waals surface area (Å²) in [5.74, 6) is -0.308. The van der Waals surface area contributed by atoms with E-state index in [9.17, 15) is 4.79 Å². The molecule has 0 radical (unpaired) electrons. The number of carbonyl (C=O) groups is 1. The second kappa shape index (κ2) is 7.06. The number of rotatable bonds is 6. The first-order chi connectivity index (χ1) is 5.72. The molecule has 0 bridgehead atoms. The molecular weight excluding hydrogens is 158 g/mol. The number of aliphatic hydroxyl groups excluding tert-OH is 1. The number of unbranched alkanes of at least 4 members (excludes halogenated alkanes) is 1. The van der Waals surface area contributed by atoms with E-state index in [4.69, 9.17) is 10.3 Å². The number of aliphatic hydroxyl groups is 1. The Morgan fingerprint density at radius 3 is 2.58 bits per heavy atom. The van der Waals surface area contributed by atoms with Gasteiger partial charge in [0.25, 0.3) is 0 Å². The number of carbonyl (C=O) groups excluding carboxylic acids is 1. The zero-order valence-corrected chi connectivity index (χ0v) is 7.49. The van der Waals surface area contributed by atoms with Gasteiger partial charge in [0.1, 0.15) is 0 Å². The third-order valence-electron chi connectivity index (χ3n) is 1.56. The van der Waals surface area contributed by atoms with Crippen molar-refractivity contribution in [1.29, 1.82) is 0 Å². The summed E-state index contributed by atoms with van der Waals surface area (Å²) < 4.78 is 0. The monoisotopic (exact) mass is 175 g/mol. The molecule has 0 aromatic carbocycles. The summed E-state index contributed by atoms with van der Waals surface area (Å²) in [4.78, 5) is 11.0. The Hall–Kier alpha value is -0.610. The molecule has 1 amide bonds. The fourth-order valence-corrected chi connectivity index (χ4v) is 0.792. The van der Waals surface area contributed by atoms with Crippen molar-refractivity contribution in [3.05, 3.63) is 0 Å². The lowest BCUT2D eigenvalue weighted by Gasteiger charge is -2.13. The van der Waals surface area contributed by atoms with Crippen molar-refractivity contribution >= 4 is 5.91 Å². The van der Waals surface area contributed by atoms with Gasteiger partial charge in [0.05, 0.1) is 0 Å². The molecule has 12 heavy (non-hydrogen) atoms. The van der Waals surface area contributed by atoms with E-state index in [-0.39, 0.29) is 18.9 Å². The van der Waals surface area contributed by atoms with Crippen LogP contribution in [0.5, 0.6) is 0 Å². The van der Waals surface area contributed by atoms with Gasteiger partial charge in [0, 0.05) is 19.6 Å². The van der Waals surface area contributed by atoms with E-state index < -0.39 is 0 Å². The Kier molecular flexibility index (Phi) is 6.70. The molecule has 0 aliphatic heterocycles. The van der Waals surface area contributed by atoms with Gasteiger partial charge in [-0.2, -0.15) is 0 Å². The van der Waals surface area contributed by atoms with Gasteiger partial charge in [-0.3, -0.25) is 10.0 Å². The van der Waals surface area contributed by atoms with Crippen LogP contribution in [-0.4, -0.2) is 34.4 Å². The standard InChI is InChI=1S/C8H17NO3/c1-2-3-6-9(12)8(11)5-4-7-10/h10,12H,2-7H2,1H3. The van der Waals surface area contributed by atoms with Crippen LogP contribution in [0.1, 0.15) is 32.6 Å². The number of hydrogen-bond donors (Lipinski definition) is 2. The maximum Gasteiger partial charge on any atom is 0.245 e. The molecule has 0 heterocycles. The summed E-state index contributed by atoms with van der Waals surface area (Å²) in [5.41, 5.74) is 0. The Morgan fingerprint density at radius 2 is 2.08 bits per heavy atom. The van der Waals surface area contributed by atoms with Gasteiger partial charge in [-0.05, 0) is 12.8 Å². The molecule has 0 atom stereocenters. The molecule has 0 saturated carbocycles. The maximum atomic E-state index is 11.0. The minimum Gasteiger partial charge on any atom is -0.396 e. The highest BCUT2D eigenvalue weighted by Gasteiger charge is 2.08. The average Bonchev–Trinajstić information content (AvgIpc) is 2.10. The van der Waals surface area contributed by atoms with Crippen LogP contribution in [0.4, 0.5) is 0 Å². The van der Waals surface area contributed by atoms with Crippen LogP contribution < -0.4 is 0 Å². The molecule has 0 aliphatic rings. The lowest BCUT2D eigenvalue weighted by molar-refractivity contribution is -0.165. The summed E-state index contributed by atoms with van der Waals surface area (Å²) >= 11 is 0. The molecule has 0 aromatic rings. The van der Waals surface area contributed by atoms with E-state index >= 15 is 0 Å². The van der Waals surface area contributed by atoms with Gasteiger partial charge in [0.15, 0.2) is 0 Å². The minimum absolute atomic E-state index is 0.00659. The summed E-state index contributed by atoms with van der Waals surface area (Å²) in [6, 6.07) is 0. The molecule has 0 aliphatic carbocycles. The van der Waals surface area contributed by atoms with E-state index in [0.717, 1.165) is 17.9 Å². The number of nitrogens with zero attached hydrogens (tertiary/aromatic N) is 1. The molecule has 0 saturated heterocycles. The highest BCUT2D eigenvalue weighted by atomic mass is 16.5. The van der Waals surface area contributed by atoms with E-state index in [0.29, 0.717) is 13.0 Å². The van der Waals surface area contributed by atoms with E-state index in [1.54, 1.807) is 0 Å². The summed E-state index contributed by atoms with van der Waals surface area (Å²) in [6.45, 7) is 2.38. The predicted molar refractivity (Wildman–Crippen MR) is 44.7 cm³/mol. The molecule has 0 aromatic heterocycles. The quantitative estimate of drug-likeness (QED) is 0.463. The average molecular weight is 175 g/mol. The Bertz CT molecular complexity index is 127. The number of hydrogen-bond acceptors (Lipinski definition) is 3. The molecule has 4 heteroatoms. The van der Waals surface area contributed by atoms with Crippen LogP contribution in [0, 0.1) is 0 Å². The molecule has 72 valence electrons. The van der Waals surface area contributed by atoms with Crippen molar-refractivity contribution in [3.8, 4) is 0 Å². The van der Waals surface area contributed by atoms with Crippen LogP contribution in [0.2, 0.25) is 0 Å². The second-order valence-corrected chi connectivity index (χ2v) is 2.70. The van der Waals surface area contributed by atoms with Crippen molar-refractivity contribution in [2.75, 3.05) is 13.2 Å². The van der Waals surface area contributed by atoms with Gasteiger partial charge in [-0.1, -0.05) is 13.3 Å². The zero-order chi connectivity index (χ0) is 9.40. The predicted octanol–water partition coefficient (Wildman–Crippen LogP) is 0.777. The largest absolute Gasteiger partial charge is 0.396 e. The molecule has 2 N–H and O–H groups in total. The Labute approximate surface area is 72.8 Å². The fraction of sp³-hybridized carbons (Fsp3) is 0.875. The van der Waals surface area contributed by atoms with Crippen molar-refractivity contribution in [2.45, 2.75) is 32.6 Å². The maximum absolute atomic E-state index is 11.0. The van der Waals surface area contributed by atoms with Gasteiger partial charge < -0.3 is 5.11 Å². The third kappa shape index (κ3) is 5.09. The van der Waals surface area contributed by atoms with Crippen molar-refractivity contribution < 1.29 is 15.1 Å². The SMILES string of the molecule is CCCCN(O)C(=O)CCCO. The number of hydroxylamine groups is 2. The van der Waals surface area contributed by atoms with Crippen molar-refractivity contribution in [2.24, 2.45) is 0 Å². The van der Waals surface area contributed by atoms with Crippen molar-refractivity contribution in [3.63, 3.8) is 0 Å². The first-order valence-electron chi connectivity index (χ1n) is 4.32. The third-order valence-corrected chi connectivity index (χ3v) is 1.56. The van der Waals surface area contributed by atoms with Crippen LogP contribution in [0.15, 0.2) is 0 Å². The molecular formula is C8H17NO3. The molecule has 0 unspecified atom stereocenters. The fourth-order valence-electron chi connectivity index (χ4n) is 0.792. The Balaban J connectivity index is 3.47. The van der Waals surface area contributed by atoms with Crippen LogP contribution in [-0.2, 0) is 4.79 Å². The summed E-state index contributed by atoms with van der Waals surface area (Å²) in [7, 11) is 0. The lowest BCUT2D eigenvalue weighted by Crippen LogP contribution is -2.28. The highest BCUT2D eigenvalue weighted by molar-refractivity contribution is 5.74. The Morgan fingerprint density at radius 1 is 1.42 bits per heavy atom. The highest BCUT2D eigenvalue weighted by Crippen LogP contribution is 1.97. The van der Waals surface area contributed by atoms with Gasteiger partial charge in [-0.25, -0.2) is 5.06 Å². The molecule has 0 rings (SSSR count). The first-order valence-corrected chi connectivity index (χ1v) is 4.32. The van der Waals surface area contributed by atoms with Crippen LogP contribution >= 0.6 is 0 Å². The topological polar surface area (TPSA) is 60.8 Å². The normalized spacial score (nSPS) is 9.92. The van der Waals surface area contributed by atoms with Crippen LogP contribution in [0.25, 0.3) is 0 Å². The molecule has 0 spiro atoms. The number of amides is 1. The van der Waals surface area contributed by atoms with Crippen molar-refractivity contribution in [1.82, 2.24) is 5.06 Å². The summed E-state index contributed by atoms with van der Waals surface area (Å²) in [5, 5.41) is 18.2. The lowest BCUT2D eigenvalue weighted by atomic mass is 10.3. The second-order valence-electron chi connectivity index (χ2n) is 2.70. The van der Waals surface area contributed by atoms with E-state index in [1.165, 1.54) is 0 Å². The summed E-state index contributed by atoms with van der Waals surface area (Å²) in [6.07, 6.45) is 2.39. The van der Waals surface area contributed by atoms with Gasteiger partial charge in [0.2, 0.25) is 5.91 Å². The smallest absolute Gasteiger partial charge is 0.245 e. The zero-order valence-electron chi connectivity index (χ0n) is 7.49. The molecule has 4 nitrogen and oxygen atoms in total. The first kappa shape index (κ1) is 11.4.